The number of imidazole rings is 1. The Morgan fingerprint density at radius 2 is 2.14 bits per heavy atom. The van der Waals surface area contributed by atoms with Crippen LogP contribution < -0.4 is 5.32 Å². The number of piperazine rings is 1. The van der Waals surface area contributed by atoms with E-state index >= 15 is 0 Å². The highest BCUT2D eigenvalue weighted by atomic mass is 15.2. The van der Waals surface area contributed by atoms with Gasteiger partial charge in [0.05, 0.1) is 6.54 Å². The van der Waals surface area contributed by atoms with Gasteiger partial charge in [0.25, 0.3) is 0 Å². The Morgan fingerprint density at radius 3 is 2.95 bits per heavy atom. The van der Waals surface area contributed by atoms with Gasteiger partial charge in [-0.25, -0.2) is 4.98 Å². The van der Waals surface area contributed by atoms with Crippen molar-refractivity contribution in [2.45, 2.75) is 32.5 Å². The van der Waals surface area contributed by atoms with Crippen molar-refractivity contribution < 1.29 is 0 Å². The van der Waals surface area contributed by atoms with Crippen molar-refractivity contribution in [3.63, 3.8) is 0 Å². The van der Waals surface area contributed by atoms with Gasteiger partial charge in [0.15, 0.2) is 0 Å². The maximum Gasteiger partial charge on any atom is 0.122 e. The van der Waals surface area contributed by atoms with E-state index in [0.29, 0.717) is 6.04 Å². The second-order valence-corrected chi connectivity index (χ2v) is 5.64. The van der Waals surface area contributed by atoms with Crippen LogP contribution in [-0.4, -0.2) is 34.1 Å². The molecule has 0 bridgehead atoms. The molecule has 0 unspecified atom stereocenters. The summed E-state index contributed by atoms with van der Waals surface area (Å²) in [6.07, 6.45) is 5.16. The molecule has 0 aliphatic carbocycles. The number of aryl methyl sites for hydroxylation is 1. The molecule has 1 aromatic heterocycles. The topological polar surface area (TPSA) is 33.1 Å². The summed E-state index contributed by atoms with van der Waals surface area (Å²) < 4.78 is 2.28. The van der Waals surface area contributed by atoms with Gasteiger partial charge in [-0.05, 0) is 12.0 Å². The van der Waals surface area contributed by atoms with Crippen molar-refractivity contribution in [3.8, 4) is 0 Å². The Bertz CT molecular complexity index is 549. The lowest BCUT2D eigenvalue weighted by atomic mass is 10.0. The second kappa shape index (κ2) is 6.87. The van der Waals surface area contributed by atoms with E-state index in [1.54, 1.807) is 0 Å². The van der Waals surface area contributed by atoms with Crippen molar-refractivity contribution in [2.75, 3.05) is 19.6 Å². The maximum atomic E-state index is 4.56. The van der Waals surface area contributed by atoms with Crippen LogP contribution in [0.5, 0.6) is 0 Å². The van der Waals surface area contributed by atoms with E-state index < -0.39 is 0 Å². The number of benzene rings is 1. The fraction of sp³-hybridized carbons (Fsp3) is 0.471. The number of rotatable bonds is 5. The molecule has 2 aromatic rings. The molecule has 2 heterocycles. The highest BCUT2D eigenvalue weighted by Crippen LogP contribution is 2.23. The Kier molecular flexibility index (Phi) is 4.68. The van der Waals surface area contributed by atoms with Gasteiger partial charge < -0.3 is 9.88 Å². The molecule has 1 atom stereocenters. The Balaban J connectivity index is 1.77. The fourth-order valence-electron chi connectivity index (χ4n) is 3.06. The molecule has 1 aliphatic rings. The first-order chi connectivity index (χ1) is 10.4. The van der Waals surface area contributed by atoms with E-state index in [-0.39, 0.29) is 0 Å². The van der Waals surface area contributed by atoms with E-state index in [2.05, 4.69) is 63.2 Å². The SMILES string of the molecule is CCCn1ccnc1CN1CCNC[C@H]1c1ccccc1. The summed E-state index contributed by atoms with van der Waals surface area (Å²) in [7, 11) is 0. The third-order valence-electron chi connectivity index (χ3n) is 4.15. The summed E-state index contributed by atoms with van der Waals surface area (Å²) in [5, 5.41) is 3.51. The van der Waals surface area contributed by atoms with E-state index in [1.807, 2.05) is 6.20 Å². The van der Waals surface area contributed by atoms with Crippen LogP contribution in [0.15, 0.2) is 42.7 Å². The first kappa shape index (κ1) is 14.3. The van der Waals surface area contributed by atoms with Crippen molar-refractivity contribution in [3.05, 3.63) is 54.1 Å². The van der Waals surface area contributed by atoms with Crippen LogP contribution in [0.2, 0.25) is 0 Å². The fourth-order valence-corrected chi connectivity index (χ4v) is 3.06. The molecule has 0 radical (unpaired) electrons. The van der Waals surface area contributed by atoms with Gasteiger partial charge in [-0.3, -0.25) is 4.90 Å². The Labute approximate surface area is 126 Å². The predicted molar refractivity (Wildman–Crippen MR) is 85.0 cm³/mol. The smallest absolute Gasteiger partial charge is 0.122 e. The minimum Gasteiger partial charge on any atom is -0.334 e. The van der Waals surface area contributed by atoms with E-state index in [4.69, 9.17) is 0 Å². The largest absolute Gasteiger partial charge is 0.334 e. The average Bonchev–Trinajstić information content (AvgIpc) is 2.96. The van der Waals surface area contributed by atoms with Gasteiger partial charge in [0, 0.05) is 44.6 Å². The second-order valence-electron chi connectivity index (χ2n) is 5.64. The number of hydrogen-bond acceptors (Lipinski definition) is 3. The van der Waals surface area contributed by atoms with Gasteiger partial charge in [-0.2, -0.15) is 0 Å². The van der Waals surface area contributed by atoms with Crippen molar-refractivity contribution in [2.24, 2.45) is 0 Å². The summed E-state index contributed by atoms with van der Waals surface area (Å²) >= 11 is 0. The molecule has 21 heavy (non-hydrogen) atoms. The predicted octanol–water partition coefficient (Wildman–Crippen LogP) is 2.44. The number of hydrogen-bond donors (Lipinski definition) is 1. The lowest BCUT2D eigenvalue weighted by molar-refractivity contribution is 0.148. The highest BCUT2D eigenvalue weighted by molar-refractivity contribution is 5.20. The zero-order valence-corrected chi connectivity index (χ0v) is 12.7. The van der Waals surface area contributed by atoms with E-state index in [1.165, 1.54) is 11.4 Å². The number of nitrogens with one attached hydrogen (secondary N) is 1. The molecule has 1 N–H and O–H groups in total. The van der Waals surface area contributed by atoms with Gasteiger partial charge in [0.1, 0.15) is 5.82 Å². The van der Waals surface area contributed by atoms with Crippen LogP contribution in [0.1, 0.15) is 30.8 Å². The molecular weight excluding hydrogens is 260 g/mol. The van der Waals surface area contributed by atoms with Gasteiger partial charge in [0.2, 0.25) is 0 Å². The van der Waals surface area contributed by atoms with E-state index in [9.17, 15) is 0 Å². The molecule has 0 spiro atoms. The molecule has 112 valence electrons. The molecule has 4 heteroatoms. The van der Waals surface area contributed by atoms with Gasteiger partial charge in [-0.1, -0.05) is 37.3 Å². The lowest BCUT2D eigenvalue weighted by Gasteiger charge is -2.36. The van der Waals surface area contributed by atoms with Gasteiger partial charge in [-0.15, -0.1) is 0 Å². The first-order valence-corrected chi connectivity index (χ1v) is 7.88. The van der Waals surface area contributed by atoms with Crippen molar-refractivity contribution in [1.82, 2.24) is 19.8 Å². The summed E-state index contributed by atoms with van der Waals surface area (Å²) in [6, 6.07) is 11.2. The Hall–Kier alpha value is -1.65. The lowest BCUT2D eigenvalue weighted by Crippen LogP contribution is -2.45. The van der Waals surface area contributed by atoms with Crippen LogP contribution >= 0.6 is 0 Å². The van der Waals surface area contributed by atoms with Crippen LogP contribution in [0.4, 0.5) is 0 Å². The molecule has 1 aromatic carbocycles. The molecule has 1 saturated heterocycles. The third-order valence-corrected chi connectivity index (χ3v) is 4.15. The molecule has 1 aliphatic heterocycles. The summed E-state index contributed by atoms with van der Waals surface area (Å²) in [4.78, 5) is 7.10. The summed E-state index contributed by atoms with van der Waals surface area (Å²) in [6.45, 7) is 7.32. The van der Waals surface area contributed by atoms with E-state index in [0.717, 1.165) is 39.1 Å². The van der Waals surface area contributed by atoms with Crippen molar-refractivity contribution in [1.29, 1.82) is 0 Å². The molecule has 0 amide bonds. The quantitative estimate of drug-likeness (QED) is 0.915. The molecule has 1 fully saturated rings. The first-order valence-electron chi connectivity index (χ1n) is 7.88. The number of nitrogens with zero attached hydrogens (tertiary/aromatic N) is 3. The van der Waals surface area contributed by atoms with Crippen molar-refractivity contribution >= 4 is 0 Å². The summed E-state index contributed by atoms with van der Waals surface area (Å²) in [5.74, 6) is 1.18. The molecule has 3 rings (SSSR count). The normalized spacial score (nSPS) is 19.8. The minimum absolute atomic E-state index is 0.437. The maximum absolute atomic E-state index is 4.56. The standard InChI is InChI=1S/C17H24N4/c1-2-10-20-12-9-19-17(20)14-21-11-8-18-13-16(21)15-6-4-3-5-7-15/h3-7,9,12,16,18H,2,8,10-11,13-14H2,1H3/t16-/m0/s1. The Morgan fingerprint density at radius 1 is 1.29 bits per heavy atom. The molecule has 0 saturated carbocycles. The third kappa shape index (κ3) is 3.34. The number of aromatic nitrogens is 2. The van der Waals surface area contributed by atoms with Gasteiger partial charge >= 0.3 is 0 Å². The molecule has 4 nitrogen and oxygen atoms in total. The minimum atomic E-state index is 0.437. The monoisotopic (exact) mass is 284 g/mol. The highest BCUT2D eigenvalue weighted by Gasteiger charge is 2.24. The van der Waals surface area contributed by atoms with Crippen LogP contribution in [0.3, 0.4) is 0 Å². The van der Waals surface area contributed by atoms with Crippen LogP contribution in [0.25, 0.3) is 0 Å². The molecular formula is C17H24N4. The average molecular weight is 284 g/mol. The zero-order valence-electron chi connectivity index (χ0n) is 12.7. The van der Waals surface area contributed by atoms with Crippen LogP contribution in [-0.2, 0) is 13.1 Å². The zero-order chi connectivity index (χ0) is 14.5. The van der Waals surface area contributed by atoms with Crippen LogP contribution in [0, 0.1) is 0 Å². The summed E-state index contributed by atoms with van der Waals surface area (Å²) in [5.41, 5.74) is 1.39.